The largest absolute Gasteiger partial charge is 1.00 e. The van der Waals surface area contributed by atoms with E-state index in [9.17, 15) is 39.6 Å². The minimum Gasteiger partial charge on any atom is -0.549 e. The van der Waals surface area contributed by atoms with Gasteiger partial charge in [0.2, 0.25) is 0 Å². The number of rotatable bonds is 5. The van der Waals surface area contributed by atoms with Gasteiger partial charge >= 0.3 is 206 Å². The van der Waals surface area contributed by atoms with E-state index in [0.717, 1.165) is 0 Å². The summed E-state index contributed by atoms with van der Waals surface area (Å²) in [6, 6.07) is 0. The van der Waals surface area contributed by atoms with Crippen LogP contribution in [-0.4, -0.2) is 23.9 Å². The first kappa shape index (κ1) is 33.9. The maximum atomic E-state index is 10.1. The summed E-state index contributed by atoms with van der Waals surface area (Å²) in [6.45, 7) is 0. The first-order valence-corrected chi connectivity index (χ1v) is 3.12. The fraction of sp³-hybridized carbons (Fsp3) is 0.333. The standard InChI is InChI=1S/C6H6O8.4K/c7-3(8)1(4(9)10)2(5(11)12)6(13)14;;;;/h1-2H,(H,7,8)(H,9,10)(H,11,12)(H,13,14);;;;/q;4*+1/p-4. The molecule has 0 aromatic rings. The predicted molar refractivity (Wildman–Crippen MR) is 27.0 cm³/mol. The van der Waals surface area contributed by atoms with E-state index in [1.807, 2.05) is 0 Å². The molecule has 0 radical (unpaired) electrons. The third-order valence-electron chi connectivity index (χ3n) is 1.35. The van der Waals surface area contributed by atoms with Crippen molar-refractivity contribution in [1.82, 2.24) is 0 Å². The second-order valence-electron chi connectivity index (χ2n) is 2.23. The molecule has 0 atom stereocenters. The maximum Gasteiger partial charge on any atom is 1.00 e. The molecular formula is C6H2K4O8. The Bertz CT molecular complexity index is 248. The number of hydrogen-bond donors (Lipinski definition) is 0. The number of carbonyl (C=O) groups is 4. The number of carboxylic acid groups (broad SMARTS) is 4. The summed E-state index contributed by atoms with van der Waals surface area (Å²) in [5.74, 6) is -15.3. The first-order valence-electron chi connectivity index (χ1n) is 3.12. The fourth-order valence-electron chi connectivity index (χ4n) is 0.737. The van der Waals surface area contributed by atoms with E-state index in [1.54, 1.807) is 0 Å². The molecule has 8 nitrogen and oxygen atoms in total. The molecule has 0 N–H and O–H groups in total. The molecule has 0 aliphatic carbocycles. The molecule has 0 aliphatic heterocycles. The zero-order valence-electron chi connectivity index (χ0n) is 10.4. The van der Waals surface area contributed by atoms with Crippen molar-refractivity contribution in [2.24, 2.45) is 11.8 Å². The van der Waals surface area contributed by atoms with Crippen LogP contribution in [0.2, 0.25) is 0 Å². The summed E-state index contributed by atoms with van der Waals surface area (Å²) < 4.78 is 0. The Kier molecular flexibility index (Phi) is 33.5. The van der Waals surface area contributed by atoms with Crippen LogP contribution in [0.5, 0.6) is 0 Å². The van der Waals surface area contributed by atoms with Crippen molar-refractivity contribution in [3.8, 4) is 0 Å². The molecule has 0 amide bonds. The summed E-state index contributed by atoms with van der Waals surface area (Å²) in [4.78, 5) is 40.3. The number of carbonyl (C=O) groups excluding carboxylic acids is 4. The molecule has 0 unspecified atom stereocenters. The zero-order chi connectivity index (χ0) is 11.5. The average molecular weight is 358 g/mol. The van der Waals surface area contributed by atoms with Gasteiger partial charge in [0.25, 0.3) is 0 Å². The van der Waals surface area contributed by atoms with Crippen molar-refractivity contribution in [3.63, 3.8) is 0 Å². The van der Waals surface area contributed by atoms with Gasteiger partial charge in [-0.15, -0.1) is 0 Å². The Morgan fingerprint density at radius 3 is 0.667 bits per heavy atom. The number of hydrogen-bond acceptors (Lipinski definition) is 8. The van der Waals surface area contributed by atoms with Crippen LogP contribution in [0.3, 0.4) is 0 Å². The van der Waals surface area contributed by atoms with E-state index in [0.29, 0.717) is 0 Å². The average Bonchev–Trinajstić information content (AvgIpc) is 1.96. The van der Waals surface area contributed by atoms with Crippen LogP contribution in [0.1, 0.15) is 0 Å². The Morgan fingerprint density at radius 2 is 0.611 bits per heavy atom. The van der Waals surface area contributed by atoms with E-state index in [4.69, 9.17) is 0 Å². The monoisotopic (exact) mass is 358 g/mol. The SMILES string of the molecule is O=C([O-])C(C(=O)[O-])C(C(=O)[O-])C(=O)[O-].[K+].[K+].[K+].[K+]. The molecule has 0 saturated heterocycles. The van der Waals surface area contributed by atoms with Gasteiger partial charge in [-0.2, -0.15) is 0 Å². The molecule has 0 heterocycles. The van der Waals surface area contributed by atoms with E-state index in [2.05, 4.69) is 0 Å². The van der Waals surface area contributed by atoms with Crippen molar-refractivity contribution in [3.05, 3.63) is 0 Å². The van der Waals surface area contributed by atoms with Crippen molar-refractivity contribution in [2.45, 2.75) is 0 Å². The molecule has 0 fully saturated rings. The van der Waals surface area contributed by atoms with Crippen LogP contribution in [0.4, 0.5) is 0 Å². The van der Waals surface area contributed by atoms with Gasteiger partial charge in [0.05, 0.1) is 35.7 Å². The molecule has 0 bridgehead atoms. The van der Waals surface area contributed by atoms with E-state index >= 15 is 0 Å². The summed E-state index contributed by atoms with van der Waals surface area (Å²) in [7, 11) is 0. The van der Waals surface area contributed by atoms with Crippen LogP contribution in [-0.2, 0) is 19.2 Å². The van der Waals surface area contributed by atoms with Gasteiger partial charge in [0.1, 0.15) is 0 Å². The van der Waals surface area contributed by atoms with Gasteiger partial charge in [-0.05, 0) is 0 Å². The zero-order valence-corrected chi connectivity index (χ0v) is 22.9. The molecule has 0 aromatic carbocycles. The van der Waals surface area contributed by atoms with Gasteiger partial charge in [-0.3, -0.25) is 0 Å². The second kappa shape index (κ2) is 17.8. The Labute approximate surface area is 272 Å². The fourth-order valence-corrected chi connectivity index (χ4v) is 0.737. The van der Waals surface area contributed by atoms with E-state index in [-0.39, 0.29) is 206 Å². The normalized spacial score (nSPS) is 7.89. The predicted octanol–water partition coefficient (Wildman–Crippen LogP) is -18.8. The summed E-state index contributed by atoms with van der Waals surface area (Å²) >= 11 is 0. The molecule has 0 rings (SSSR count). The van der Waals surface area contributed by atoms with Gasteiger partial charge in [-0.1, -0.05) is 0 Å². The van der Waals surface area contributed by atoms with Crippen molar-refractivity contribution in [2.75, 3.05) is 0 Å². The second-order valence-corrected chi connectivity index (χ2v) is 2.23. The first-order chi connectivity index (χ1) is 6.29. The Hall–Kier alpha value is 4.43. The molecule has 0 aromatic heterocycles. The van der Waals surface area contributed by atoms with Gasteiger partial charge in [-0.25, -0.2) is 0 Å². The Morgan fingerprint density at radius 1 is 0.500 bits per heavy atom. The van der Waals surface area contributed by atoms with Crippen molar-refractivity contribution >= 4 is 23.9 Å². The Balaban J connectivity index is -0.000000141. The molecule has 12 heteroatoms. The van der Waals surface area contributed by atoms with Gasteiger partial charge in [0.15, 0.2) is 0 Å². The van der Waals surface area contributed by atoms with Crippen molar-refractivity contribution < 1.29 is 245 Å². The molecule has 0 saturated carbocycles. The smallest absolute Gasteiger partial charge is 0.549 e. The van der Waals surface area contributed by atoms with Gasteiger partial charge in [0, 0.05) is 0 Å². The van der Waals surface area contributed by atoms with Crippen LogP contribution < -0.4 is 226 Å². The molecule has 18 heavy (non-hydrogen) atoms. The van der Waals surface area contributed by atoms with Crippen LogP contribution in [0.25, 0.3) is 0 Å². The van der Waals surface area contributed by atoms with Crippen LogP contribution in [0.15, 0.2) is 0 Å². The summed E-state index contributed by atoms with van der Waals surface area (Å²) in [5, 5.41) is 40.3. The summed E-state index contributed by atoms with van der Waals surface area (Å²) in [5.41, 5.74) is 0. The summed E-state index contributed by atoms with van der Waals surface area (Å²) in [6.07, 6.45) is 0. The maximum absolute atomic E-state index is 10.1. The third kappa shape index (κ3) is 12.9. The van der Waals surface area contributed by atoms with Crippen LogP contribution in [0, 0.1) is 11.8 Å². The third-order valence-corrected chi connectivity index (χ3v) is 1.35. The van der Waals surface area contributed by atoms with E-state index < -0.39 is 35.7 Å². The van der Waals surface area contributed by atoms with Crippen molar-refractivity contribution in [1.29, 1.82) is 0 Å². The number of carboxylic acids is 4. The molecule has 0 spiro atoms. The number of aliphatic carboxylic acids is 4. The molecule has 0 aliphatic rings. The quantitative estimate of drug-likeness (QED) is 0.346. The minimum atomic E-state index is -2.84. The van der Waals surface area contributed by atoms with Crippen LogP contribution >= 0.6 is 0 Å². The minimum absolute atomic E-state index is 0. The van der Waals surface area contributed by atoms with Gasteiger partial charge < -0.3 is 39.6 Å². The van der Waals surface area contributed by atoms with E-state index in [1.165, 1.54) is 0 Å². The molecule has 78 valence electrons. The molecular weight excluding hydrogens is 356 g/mol. The topological polar surface area (TPSA) is 161 Å².